The Morgan fingerprint density at radius 2 is 1.76 bits per heavy atom. The van der Waals surface area contributed by atoms with Crippen LogP contribution in [0.3, 0.4) is 0 Å². The Kier molecular flexibility index (Phi) is 6.35. The maximum atomic E-state index is 12.3. The van der Waals surface area contributed by atoms with Crippen LogP contribution in [-0.2, 0) is 0 Å². The molecule has 0 saturated carbocycles. The fourth-order valence-electron chi connectivity index (χ4n) is 1.89. The van der Waals surface area contributed by atoms with Gasteiger partial charge >= 0.3 is 0 Å². The van der Waals surface area contributed by atoms with E-state index in [9.17, 15) is 14.9 Å². The van der Waals surface area contributed by atoms with Crippen LogP contribution in [0, 0.1) is 10.1 Å². The van der Waals surface area contributed by atoms with Gasteiger partial charge in [-0.2, -0.15) is 0 Å². The molecule has 6 nitrogen and oxygen atoms in total. The highest BCUT2D eigenvalue weighted by Crippen LogP contribution is 2.31. The van der Waals surface area contributed by atoms with E-state index in [1.807, 2.05) is 0 Å². The lowest BCUT2D eigenvalue weighted by atomic mass is 10.2. The molecule has 0 radical (unpaired) electrons. The van der Waals surface area contributed by atoms with Gasteiger partial charge in [-0.3, -0.25) is 14.9 Å². The molecule has 0 saturated heterocycles. The maximum absolute atomic E-state index is 12.3. The fourth-order valence-corrected chi connectivity index (χ4v) is 2.41. The van der Waals surface area contributed by atoms with Crippen LogP contribution in [0.2, 0.25) is 5.02 Å². The lowest BCUT2D eigenvalue weighted by molar-refractivity contribution is -0.384. The minimum absolute atomic E-state index is 0.0843. The van der Waals surface area contributed by atoms with E-state index in [4.69, 9.17) is 46.4 Å². The second-order valence-corrected chi connectivity index (χ2v) is 7.71. The molecular formula is C15H11Cl4N3O3. The van der Waals surface area contributed by atoms with E-state index in [0.717, 1.165) is 0 Å². The van der Waals surface area contributed by atoms with E-state index in [2.05, 4.69) is 10.6 Å². The second kappa shape index (κ2) is 8.10. The number of nitrogens with one attached hydrogen (secondary N) is 2. The smallest absolute Gasteiger partial charge is 0.269 e. The van der Waals surface area contributed by atoms with Crippen LogP contribution in [0.25, 0.3) is 0 Å². The first-order valence-electron chi connectivity index (χ1n) is 6.81. The topological polar surface area (TPSA) is 84.3 Å². The van der Waals surface area contributed by atoms with Crippen LogP contribution in [-0.4, -0.2) is 20.8 Å². The van der Waals surface area contributed by atoms with Crippen molar-refractivity contribution in [2.45, 2.75) is 9.96 Å². The fraction of sp³-hybridized carbons (Fsp3) is 0.133. The Hall–Kier alpha value is -1.73. The van der Waals surface area contributed by atoms with Gasteiger partial charge in [0.1, 0.15) is 6.17 Å². The lowest BCUT2D eigenvalue weighted by Gasteiger charge is -2.27. The van der Waals surface area contributed by atoms with Crippen LogP contribution in [0.4, 0.5) is 11.4 Å². The van der Waals surface area contributed by atoms with Gasteiger partial charge in [-0.25, -0.2) is 0 Å². The number of alkyl halides is 3. The summed E-state index contributed by atoms with van der Waals surface area (Å²) in [7, 11) is 0. The molecule has 0 unspecified atom stereocenters. The number of benzene rings is 2. The van der Waals surface area contributed by atoms with E-state index >= 15 is 0 Å². The standard InChI is InChI=1S/C15H11Cl4N3O3/c16-10-3-1-2-9(8-10)13(23)21-14(15(17,18)19)20-11-4-6-12(7-5-11)22(24)25/h1-8,14,20H,(H,21,23)/t14-/m1/s1. The minimum Gasteiger partial charge on any atom is -0.362 e. The second-order valence-electron chi connectivity index (χ2n) is 4.91. The number of nitro benzene ring substituents is 1. The quantitative estimate of drug-likeness (QED) is 0.314. The number of halogens is 4. The predicted molar refractivity (Wildman–Crippen MR) is 99.7 cm³/mol. The van der Waals surface area contributed by atoms with Gasteiger partial charge in [0, 0.05) is 28.4 Å². The zero-order chi connectivity index (χ0) is 18.6. The van der Waals surface area contributed by atoms with Gasteiger partial charge in [-0.1, -0.05) is 52.5 Å². The van der Waals surface area contributed by atoms with Crippen molar-refractivity contribution in [1.82, 2.24) is 5.32 Å². The highest BCUT2D eigenvalue weighted by Gasteiger charge is 2.34. The summed E-state index contributed by atoms with van der Waals surface area (Å²) in [6.07, 6.45) is -1.09. The van der Waals surface area contributed by atoms with Crippen LogP contribution in [0.5, 0.6) is 0 Å². The molecule has 0 spiro atoms. The van der Waals surface area contributed by atoms with Crippen molar-refractivity contribution in [1.29, 1.82) is 0 Å². The van der Waals surface area contributed by atoms with Crippen molar-refractivity contribution >= 4 is 63.7 Å². The molecule has 10 heteroatoms. The van der Waals surface area contributed by atoms with E-state index in [0.29, 0.717) is 10.7 Å². The SMILES string of the molecule is O=C(N[C@@H](Nc1ccc([N+](=O)[O-])cc1)C(Cl)(Cl)Cl)c1cccc(Cl)c1. The van der Waals surface area contributed by atoms with Gasteiger partial charge in [0.2, 0.25) is 3.79 Å². The first-order chi connectivity index (χ1) is 11.7. The van der Waals surface area contributed by atoms with E-state index in [1.165, 1.54) is 30.3 Å². The molecule has 0 heterocycles. The molecule has 0 aromatic heterocycles. The number of rotatable bonds is 5. The van der Waals surface area contributed by atoms with Crippen LogP contribution in [0.15, 0.2) is 48.5 Å². The minimum atomic E-state index is -1.88. The summed E-state index contributed by atoms with van der Waals surface area (Å²) >= 11 is 23.6. The average molecular weight is 423 g/mol. The highest BCUT2D eigenvalue weighted by atomic mass is 35.6. The summed E-state index contributed by atoms with van der Waals surface area (Å²) < 4.78 is -1.88. The molecule has 0 aliphatic heterocycles. The molecule has 1 atom stereocenters. The number of amides is 1. The molecule has 25 heavy (non-hydrogen) atoms. The number of carbonyl (C=O) groups is 1. The van der Waals surface area contributed by atoms with Gasteiger partial charge < -0.3 is 10.6 Å². The van der Waals surface area contributed by atoms with Gasteiger partial charge in [0.05, 0.1) is 4.92 Å². The van der Waals surface area contributed by atoms with E-state index in [1.54, 1.807) is 18.2 Å². The van der Waals surface area contributed by atoms with Crippen molar-refractivity contribution in [2.75, 3.05) is 5.32 Å². The van der Waals surface area contributed by atoms with E-state index in [-0.39, 0.29) is 11.3 Å². The van der Waals surface area contributed by atoms with Crippen molar-refractivity contribution in [2.24, 2.45) is 0 Å². The molecule has 2 aromatic rings. The Morgan fingerprint density at radius 3 is 2.28 bits per heavy atom. The van der Waals surface area contributed by atoms with Gasteiger partial charge in [-0.05, 0) is 30.3 Å². The van der Waals surface area contributed by atoms with Crippen LogP contribution < -0.4 is 10.6 Å². The molecular weight excluding hydrogens is 412 g/mol. The third kappa shape index (κ3) is 5.64. The number of nitro groups is 1. The first-order valence-corrected chi connectivity index (χ1v) is 8.32. The summed E-state index contributed by atoms with van der Waals surface area (Å²) in [6.45, 7) is 0. The molecule has 0 fully saturated rings. The largest absolute Gasteiger partial charge is 0.362 e. The molecule has 2 rings (SSSR count). The molecule has 132 valence electrons. The zero-order valence-corrected chi connectivity index (χ0v) is 15.4. The maximum Gasteiger partial charge on any atom is 0.269 e. The Balaban J connectivity index is 2.16. The highest BCUT2D eigenvalue weighted by molar-refractivity contribution is 6.68. The molecule has 1 amide bonds. The van der Waals surface area contributed by atoms with E-state index < -0.39 is 20.8 Å². The van der Waals surface area contributed by atoms with Crippen molar-refractivity contribution < 1.29 is 9.72 Å². The lowest BCUT2D eigenvalue weighted by Crippen LogP contribution is -2.49. The molecule has 2 aromatic carbocycles. The molecule has 0 aliphatic rings. The third-order valence-corrected chi connectivity index (χ3v) is 3.97. The Morgan fingerprint density at radius 1 is 1.12 bits per heavy atom. The first kappa shape index (κ1) is 19.6. The molecule has 0 bridgehead atoms. The number of hydrogen-bond acceptors (Lipinski definition) is 4. The average Bonchev–Trinajstić information content (AvgIpc) is 2.53. The summed E-state index contributed by atoms with van der Waals surface area (Å²) in [6, 6.07) is 11.7. The number of non-ortho nitro benzene ring substituents is 1. The summed E-state index contributed by atoms with van der Waals surface area (Å²) in [4.78, 5) is 22.5. The normalized spacial score (nSPS) is 12.3. The summed E-state index contributed by atoms with van der Waals surface area (Å²) in [5, 5.41) is 16.4. The number of carbonyl (C=O) groups excluding carboxylic acids is 1. The summed E-state index contributed by atoms with van der Waals surface area (Å²) in [5.74, 6) is -0.506. The van der Waals surface area contributed by atoms with Gasteiger partial charge in [-0.15, -0.1) is 0 Å². The van der Waals surface area contributed by atoms with Crippen LogP contribution in [0.1, 0.15) is 10.4 Å². The Bertz CT molecular complexity index is 778. The monoisotopic (exact) mass is 421 g/mol. The van der Waals surface area contributed by atoms with Crippen molar-refractivity contribution in [3.8, 4) is 0 Å². The number of nitrogens with zero attached hydrogens (tertiary/aromatic N) is 1. The number of hydrogen-bond donors (Lipinski definition) is 2. The predicted octanol–water partition coefficient (Wildman–Crippen LogP) is 4.79. The van der Waals surface area contributed by atoms with Gasteiger partial charge in [0.15, 0.2) is 0 Å². The van der Waals surface area contributed by atoms with Gasteiger partial charge in [0.25, 0.3) is 11.6 Å². The number of anilines is 1. The Labute approximate surface area is 163 Å². The van der Waals surface area contributed by atoms with Crippen molar-refractivity contribution in [3.63, 3.8) is 0 Å². The van der Waals surface area contributed by atoms with Crippen molar-refractivity contribution in [3.05, 3.63) is 69.2 Å². The summed E-state index contributed by atoms with van der Waals surface area (Å²) in [5.41, 5.74) is 0.629. The zero-order valence-electron chi connectivity index (χ0n) is 12.4. The molecule has 2 N–H and O–H groups in total. The van der Waals surface area contributed by atoms with Crippen LogP contribution >= 0.6 is 46.4 Å². The third-order valence-electron chi connectivity index (χ3n) is 3.08. The molecule has 0 aliphatic carbocycles.